The summed E-state index contributed by atoms with van der Waals surface area (Å²) < 4.78 is 0. The first-order valence-corrected chi connectivity index (χ1v) is 2.03. The van der Waals surface area contributed by atoms with Crippen LogP contribution in [0.5, 0.6) is 0 Å². The Morgan fingerprint density at radius 1 is 1.00 bits per heavy atom. The first-order chi connectivity index (χ1) is 4.00. The van der Waals surface area contributed by atoms with Gasteiger partial charge >= 0.3 is 0 Å². The van der Waals surface area contributed by atoms with Crippen molar-refractivity contribution in [2.45, 2.75) is 0 Å². The van der Waals surface area contributed by atoms with Crippen LogP contribution in [0.25, 0.3) is 0 Å². The highest BCUT2D eigenvalue weighted by Gasteiger charge is 1.59. The molecule has 0 atom stereocenters. The third kappa shape index (κ3) is 2.86. The zero-order chi connectivity index (χ0) is 6.24. The van der Waals surface area contributed by atoms with Crippen LogP contribution >= 0.6 is 0 Å². The van der Waals surface area contributed by atoms with Crippen molar-refractivity contribution in [1.29, 1.82) is 0 Å². The zero-order valence-corrected chi connectivity index (χ0v) is 4.36. The summed E-state index contributed by atoms with van der Waals surface area (Å²) in [7, 11) is 0. The summed E-state index contributed by atoms with van der Waals surface area (Å²) in [5.41, 5.74) is 0. The molecule has 0 unspecified atom stereocenters. The van der Waals surface area contributed by atoms with Crippen LogP contribution in [0.15, 0.2) is 24.8 Å². The van der Waals surface area contributed by atoms with E-state index in [0.29, 0.717) is 0 Å². The molecule has 0 fully saturated rings. The fourth-order valence-electron chi connectivity index (χ4n) is 0.253. The van der Waals surface area contributed by atoms with Gasteiger partial charge in [0.05, 0.1) is 0 Å². The highest BCUT2D eigenvalue weighted by atomic mass is 14.8. The Bertz CT molecular complexity index is 107. The molecule has 0 aliphatic carbocycles. The Labute approximate surface area is 48.6 Å². The van der Waals surface area contributed by atoms with Crippen LogP contribution < -0.4 is 0 Å². The van der Waals surface area contributed by atoms with Crippen LogP contribution in [0.3, 0.4) is 0 Å². The van der Waals surface area contributed by atoms with Gasteiger partial charge in [-0.2, -0.15) is 0 Å². The summed E-state index contributed by atoms with van der Waals surface area (Å²) in [6, 6.07) is 1.78. The van der Waals surface area contributed by atoms with Gasteiger partial charge in [-0.15, -0.1) is 12.8 Å². The molecule has 0 aromatic carbocycles. The third-order valence-electron chi connectivity index (χ3n) is 0.478. The molecule has 1 aromatic rings. The predicted molar refractivity (Wildman–Crippen MR) is 31.9 cm³/mol. The molecule has 0 N–H and O–H groups in total. The molecule has 1 aromatic heterocycles. The van der Waals surface area contributed by atoms with E-state index in [1.165, 1.54) is 6.33 Å². The predicted octanol–water partition coefficient (Wildman–Crippen LogP) is 0.726. The molecule has 0 saturated heterocycles. The highest BCUT2D eigenvalue weighted by Crippen LogP contribution is 1.66. The molecule has 8 heavy (non-hydrogen) atoms. The fraction of sp³-hybridized carbons (Fsp3) is 0. The van der Waals surface area contributed by atoms with Crippen LogP contribution in [0.2, 0.25) is 0 Å². The van der Waals surface area contributed by atoms with Gasteiger partial charge in [-0.25, -0.2) is 9.97 Å². The second-order valence-corrected chi connectivity index (χ2v) is 0.904. The van der Waals surface area contributed by atoms with Crippen LogP contribution in [-0.2, 0) is 0 Å². The van der Waals surface area contributed by atoms with Crippen molar-refractivity contribution >= 4 is 0 Å². The molecular weight excluding hydrogens is 100 g/mol. The van der Waals surface area contributed by atoms with Gasteiger partial charge in [-0.3, -0.25) is 0 Å². The molecule has 2 heteroatoms. The Morgan fingerprint density at radius 3 is 1.62 bits per heavy atom. The molecule has 0 aliphatic rings. The van der Waals surface area contributed by atoms with Crippen molar-refractivity contribution in [1.82, 2.24) is 9.97 Å². The average Bonchev–Trinajstić information content (AvgIpc) is 1.96. The first-order valence-electron chi connectivity index (χ1n) is 2.03. The summed E-state index contributed by atoms with van der Waals surface area (Å²) in [4.78, 5) is 7.35. The quantitative estimate of drug-likeness (QED) is 0.455. The molecule has 40 valence electrons. The molecule has 0 amide bonds. The Kier molecular flexibility index (Phi) is 4.68. The maximum absolute atomic E-state index is 4.00. The van der Waals surface area contributed by atoms with Gasteiger partial charge in [0.2, 0.25) is 0 Å². The molecule has 0 spiro atoms. The number of terminal acetylenes is 1. The number of rotatable bonds is 0. The molecule has 0 aliphatic heterocycles. The Morgan fingerprint density at radius 2 is 1.50 bits per heavy atom. The van der Waals surface area contributed by atoms with Gasteiger partial charge in [-0.1, -0.05) is 0 Å². The van der Waals surface area contributed by atoms with Gasteiger partial charge in [-0.05, 0) is 6.07 Å². The summed E-state index contributed by atoms with van der Waals surface area (Å²) in [6.45, 7) is 0. The van der Waals surface area contributed by atoms with Gasteiger partial charge in [0.15, 0.2) is 0 Å². The normalized spacial score (nSPS) is 6.25. The van der Waals surface area contributed by atoms with Crippen LogP contribution in [0.4, 0.5) is 0 Å². The van der Waals surface area contributed by atoms with E-state index < -0.39 is 0 Å². The minimum Gasteiger partial charge on any atom is -0.245 e. The van der Waals surface area contributed by atoms with E-state index in [-0.39, 0.29) is 0 Å². The molecule has 1 heterocycles. The lowest BCUT2D eigenvalue weighted by Crippen LogP contribution is -1.66. The lowest BCUT2D eigenvalue weighted by atomic mass is 10.7. The maximum Gasteiger partial charge on any atom is 0.115 e. The van der Waals surface area contributed by atoms with Crippen molar-refractivity contribution in [2.24, 2.45) is 0 Å². The number of aromatic nitrogens is 2. The van der Waals surface area contributed by atoms with Crippen molar-refractivity contribution in [3.05, 3.63) is 24.8 Å². The van der Waals surface area contributed by atoms with E-state index in [1.54, 1.807) is 18.5 Å². The summed E-state index contributed by atoms with van der Waals surface area (Å²) in [5.74, 6) is 0. The highest BCUT2D eigenvalue weighted by molar-refractivity contribution is 4.74. The molecule has 2 nitrogen and oxygen atoms in total. The van der Waals surface area contributed by atoms with Crippen molar-refractivity contribution < 1.29 is 0 Å². The lowest BCUT2D eigenvalue weighted by molar-refractivity contribution is 1.17. The van der Waals surface area contributed by atoms with E-state index in [9.17, 15) is 0 Å². The molecular formula is C6H6N2. The van der Waals surface area contributed by atoms with Crippen molar-refractivity contribution in [2.75, 3.05) is 0 Å². The van der Waals surface area contributed by atoms with E-state index in [2.05, 4.69) is 22.8 Å². The molecule has 0 bridgehead atoms. The van der Waals surface area contributed by atoms with Gasteiger partial charge in [0.1, 0.15) is 6.33 Å². The topological polar surface area (TPSA) is 25.8 Å². The second-order valence-electron chi connectivity index (χ2n) is 0.904. The van der Waals surface area contributed by atoms with Crippen LogP contribution in [0, 0.1) is 12.8 Å². The smallest absolute Gasteiger partial charge is 0.115 e. The minimum absolute atomic E-state index is 1.50. The first kappa shape index (κ1) is 6.64. The molecule has 0 saturated carbocycles. The summed E-state index contributed by atoms with van der Waals surface area (Å²) in [5, 5.41) is 0. The number of nitrogens with zero attached hydrogens (tertiary/aromatic N) is 2. The largest absolute Gasteiger partial charge is 0.245 e. The van der Waals surface area contributed by atoms with E-state index in [0.717, 1.165) is 0 Å². The second kappa shape index (κ2) is 5.64. The summed E-state index contributed by atoms with van der Waals surface area (Å²) >= 11 is 0. The zero-order valence-electron chi connectivity index (χ0n) is 4.36. The SMILES string of the molecule is C#C.c1cncnc1. The standard InChI is InChI=1S/C4H4N2.C2H2/c1-2-5-4-6-3-1;1-2/h1-4H;1-2H. The monoisotopic (exact) mass is 106 g/mol. The maximum atomic E-state index is 4.00. The van der Waals surface area contributed by atoms with Crippen LogP contribution in [0.1, 0.15) is 0 Å². The van der Waals surface area contributed by atoms with Gasteiger partial charge in [0.25, 0.3) is 0 Å². The van der Waals surface area contributed by atoms with Gasteiger partial charge in [0, 0.05) is 12.4 Å². The Hall–Kier alpha value is -1.36. The van der Waals surface area contributed by atoms with Crippen LogP contribution in [-0.4, -0.2) is 9.97 Å². The lowest BCUT2D eigenvalue weighted by Gasteiger charge is -1.70. The van der Waals surface area contributed by atoms with Crippen molar-refractivity contribution in [3.63, 3.8) is 0 Å². The Balaban J connectivity index is 0.000000222. The minimum atomic E-state index is 1.50. The van der Waals surface area contributed by atoms with Gasteiger partial charge < -0.3 is 0 Å². The summed E-state index contributed by atoms with van der Waals surface area (Å²) in [6.07, 6.45) is 12.9. The van der Waals surface area contributed by atoms with Crippen molar-refractivity contribution in [3.8, 4) is 12.8 Å². The number of hydrogen-bond acceptors (Lipinski definition) is 2. The third-order valence-corrected chi connectivity index (χ3v) is 0.478. The average molecular weight is 106 g/mol. The number of hydrogen-bond donors (Lipinski definition) is 0. The molecule has 0 radical (unpaired) electrons. The molecule has 1 rings (SSSR count). The van der Waals surface area contributed by atoms with E-state index in [1.807, 2.05) is 0 Å². The fourth-order valence-corrected chi connectivity index (χ4v) is 0.253. The van der Waals surface area contributed by atoms with E-state index in [4.69, 9.17) is 0 Å². The van der Waals surface area contributed by atoms with E-state index >= 15 is 0 Å².